The maximum Gasteiger partial charge on any atom is 0.411 e. The summed E-state index contributed by atoms with van der Waals surface area (Å²) in [6, 6.07) is 16.9. The average molecular weight is 471 g/mol. The van der Waals surface area contributed by atoms with Crippen LogP contribution in [0.2, 0.25) is 0 Å². The van der Waals surface area contributed by atoms with Crippen molar-refractivity contribution in [3.8, 4) is 11.1 Å². The molecule has 1 amide bonds. The van der Waals surface area contributed by atoms with Crippen LogP contribution in [0.25, 0.3) is 22.0 Å². The molecule has 0 radical (unpaired) electrons. The first-order valence-corrected chi connectivity index (χ1v) is 11.4. The van der Waals surface area contributed by atoms with Gasteiger partial charge in [-0.2, -0.15) is 0 Å². The number of aryl methyl sites for hydroxylation is 1. The van der Waals surface area contributed by atoms with Crippen molar-refractivity contribution in [2.75, 3.05) is 43.6 Å². The van der Waals surface area contributed by atoms with E-state index in [2.05, 4.69) is 20.2 Å². The maximum atomic E-state index is 13.7. The van der Waals surface area contributed by atoms with Crippen molar-refractivity contribution in [2.24, 2.45) is 0 Å². The van der Waals surface area contributed by atoms with Crippen LogP contribution in [0.3, 0.4) is 0 Å². The number of fused-ring (bicyclic) bond motifs is 1. The van der Waals surface area contributed by atoms with E-state index in [1.165, 1.54) is 7.11 Å². The molecule has 0 spiro atoms. The summed E-state index contributed by atoms with van der Waals surface area (Å²) in [5, 5.41) is 3.73. The molecule has 3 heterocycles. The summed E-state index contributed by atoms with van der Waals surface area (Å²) < 4.78 is 10.2. The molecule has 1 aliphatic heterocycles. The summed E-state index contributed by atoms with van der Waals surface area (Å²) in [4.78, 5) is 35.7. The zero-order valence-electron chi connectivity index (χ0n) is 19.6. The molecule has 2 aromatic heterocycles. The van der Waals surface area contributed by atoms with Gasteiger partial charge in [-0.15, -0.1) is 0 Å². The van der Waals surface area contributed by atoms with E-state index in [0.717, 1.165) is 46.6 Å². The summed E-state index contributed by atoms with van der Waals surface area (Å²) in [6.07, 6.45) is 1.28. The number of carbonyl (C=O) groups is 2. The highest BCUT2D eigenvalue weighted by atomic mass is 16.5. The summed E-state index contributed by atoms with van der Waals surface area (Å²) >= 11 is 0. The predicted molar refractivity (Wildman–Crippen MR) is 135 cm³/mol. The Kier molecular flexibility index (Phi) is 6.20. The number of benzene rings is 2. The Hall–Kier alpha value is -4.17. The molecule has 5 rings (SSSR count). The second-order valence-electron chi connectivity index (χ2n) is 8.44. The minimum Gasteiger partial charge on any atom is -0.453 e. The van der Waals surface area contributed by atoms with Crippen molar-refractivity contribution in [2.45, 2.75) is 6.92 Å². The van der Waals surface area contributed by atoms with E-state index in [9.17, 15) is 9.59 Å². The first kappa shape index (κ1) is 22.6. The molecule has 178 valence electrons. The minimum atomic E-state index is -0.602. The van der Waals surface area contributed by atoms with Crippen molar-refractivity contribution in [3.63, 3.8) is 0 Å². The van der Waals surface area contributed by atoms with Gasteiger partial charge in [-0.05, 0) is 60.5 Å². The number of rotatable bonds is 5. The van der Waals surface area contributed by atoms with Crippen molar-refractivity contribution in [3.05, 3.63) is 77.6 Å². The lowest BCUT2D eigenvalue weighted by atomic mass is 9.95. The number of ether oxygens (including phenoxy) is 2. The molecule has 2 N–H and O–H groups in total. The molecule has 4 aromatic rings. The van der Waals surface area contributed by atoms with Crippen LogP contribution in [0, 0.1) is 6.92 Å². The van der Waals surface area contributed by atoms with Gasteiger partial charge in [-0.25, -0.2) is 9.78 Å². The number of ketones is 1. The molecule has 2 aromatic carbocycles. The molecule has 1 fully saturated rings. The molecule has 0 aliphatic carbocycles. The third kappa shape index (κ3) is 4.74. The quantitative estimate of drug-likeness (QED) is 0.408. The highest BCUT2D eigenvalue weighted by molar-refractivity contribution is 6.11. The van der Waals surface area contributed by atoms with E-state index in [0.29, 0.717) is 30.0 Å². The third-order valence-corrected chi connectivity index (χ3v) is 6.07. The molecular weight excluding hydrogens is 444 g/mol. The number of hydrogen-bond donors (Lipinski definition) is 2. The molecular formula is C27H26N4O4. The summed E-state index contributed by atoms with van der Waals surface area (Å²) in [5.74, 6) is 0.610. The Balaban J connectivity index is 1.58. The lowest BCUT2D eigenvalue weighted by molar-refractivity contribution is 0.103. The monoisotopic (exact) mass is 470 g/mol. The molecule has 8 nitrogen and oxygen atoms in total. The van der Waals surface area contributed by atoms with Crippen LogP contribution in [0.5, 0.6) is 0 Å². The predicted octanol–water partition coefficient (Wildman–Crippen LogP) is 4.78. The van der Waals surface area contributed by atoms with E-state index >= 15 is 0 Å². The standard InChI is InChI=1S/C27H26N4O4/c1-17-12-19(16-25(29-17)31-8-10-35-11-9-31)26(32)20-13-18(14-21(15-20)30-27(33)34-2)22-4-3-5-24-23(22)6-7-28-24/h3-7,12-16,28H,8-11H2,1-2H3,(H,30,33). The van der Waals surface area contributed by atoms with Crippen LogP contribution >= 0.6 is 0 Å². The lowest BCUT2D eigenvalue weighted by Crippen LogP contribution is -2.37. The normalized spacial score (nSPS) is 13.6. The molecule has 1 aliphatic rings. The molecule has 35 heavy (non-hydrogen) atoms. The number of nitrogens with zero attached hydrogens (tertiary/aromatic N) is 2. The Bertz CT molecular complexity index is 1410. The van der Waals surface area contributed by atoms with Crippen LogP contribution in [0.15, 0.2) is 60.8 Å². The van der Waals surface area contributed by atoms with Crippen LogP contribution in [0.4, 0.5) is 16.3 Å². The Labute approximate surface area is 202 Å². The van der Waals surface area contributed by atoms with Gasteiger partial charge >= 0.3 is 6.09 Å². The number of H-pyrrole nitrogens is 1. The average Bonchev–Trinajstić information content (AvgIpc) is 3.37. The van der Waals surface area contributed by atoms with Gasteiger partial charge in [0.15, 0.2) is 5.78 Å². The molecule has 0 bridgehead atoms. The first-order valence-electron chi connectivity index (χ1n) is 11.4. The van der Waals surface area contributed by atoms with Crippen LogP contribution in [-0.4, -0.2) is 55.3 Å². The van der Waals surface area contributed by atoms with Crippen molar-refractivity contribution < 1.29 is 19.1 Å². The Morgan fingerprint density at radius 3 is 2.66 bits per heavy atom. The van der Waals surface area contributed by atoms with Gasteiger partial charge in [-0.3, -0.25) is 10.1 Å². The van der Waals surface area contributed by atoms with Gasteiger partial charge in [0.25, 0.3) is 0 Å². The number of morpholine rings is 1. The first-order chi connectivity index (χ1) is 17.0. The number of methoxy groups -OCH3 is 1. The third-order valence-electron chi connectivity index (χ3n) is 6.07. The number of amides is 1. The molecule has 0 saturated carbocycles. The smallest absolute Gasteiger partial charge is 0.411 e. The second kappa shape index (κ2) is 9.60. The van der Waals surface area contributed by atoms with E-state index in [1.807, 2.05) is 55.6 Å². The number of anilines is 2. The fourth-order valence-electron chi connectivity index (χ4n) is 4.40. The van der Waals surface area contributed by atoms with Gasteiger partial charge < -0.3 is 19.4 Å². The van der Waals surface area contributed by atoms with E-state index in [1.54, 1.807) is 12.1 Å². The zero-order chi connectivity index (χ0) is 24.4. The number of aromatic nitrogens is 2. The van der Waals surface area contributed by atoms with E-state index < -0.39 is 6.09 Å². The maximum absolute atomic E-state index is 13.7. The molecule has 8 heteroatoms. The Morgan fingerprint density at radius 2 is 1.86 bits per heavy atom. The van der Waals surface area contributed by atoms with Crippen molar-refractivity contribution >= 4 is 34.3 Å². The van der Waals surface area contributed by atoms with Crippen molar-refractivity contribution in [1.29, 1.82) is 0 Å². The van der Waals surface area contributed by atoms with Gasteiger partial charge in [0, 0.05) is 52.7 Å². The second-order valence-corrected chi connectivity index (χ2v) is 8.44. The number of aromatic amines is 1. The highest BCUT2D eigenvalue weighted by Crippen LogP contribution is 2.32. The lowest BCUT2D eigenvalue weighted by Gasteiger charge is -2.28. The minimum absolute atomic E-state index is 0.152. The fraction of sp³-hybridized carbons (Fsp3) is 0.222. The molecule has 1 saturated heterocycles. The number of carbonyl (C=O) groups excluding carboxylic acids is 2. The highest BCUT2D eigenvalue weighted by Gasteiger charge is 2.19. The van der Waals surface area contributed by atoms with Crippen LogP contribution < -0.4 is 10.2 Å². The summed E-state index contributed by atoms with van der Waals surface area (Å²) in [5.41, 5.74) is 4.99. The Morgan fingerprint density at radius 1 is 1.06 bits per heavy atom. The zero-order valence-corrected chi connectivity index (χ0v) is 19.6. The van der Waals surface area contributed by atoms with E-state index in [-0.39, 0.29) is 5.78 Å². The van der Waals surface area contributed by atoms with Gasteiger partial charge in [0.2, 0.25) is 0 Å². The topological polar surface area (TPSA) is 96.5 Å². The number of hydrogen-bond acceptors (Lipinski definition) is 6. The number of pyridine rings is 1. The summed E-state index contributed by atoms with van der Waals surface area (Å²) in [7, 11) is 1.30. The van der Waals surface area contributed by atoms with E-state index in [4.69, 9.17) is 9.47 Å². The summed E-state index contributed by atoms with van der Waals surface area (Å²) in [6.45, 7) is 4.61. The number of nitrogens with one attached hydrogen (secondary N) is 2. The molecule has 0 unspecified atom stereocenters. The SMILES string of the molecule is COC(=O)Nc1cc(C(=O)c2cc(C)nc(N3CCOCC3)c2)cc(-c2cccc3[nH]ccc23)c1. The van der Waals surface area contributed by atoms with Crippen LogP contribution in [-0.2, 0) is 9.47 Å². The van der Waals surface area contributed by atoms with Gasteiger partial charge in [0.05, 0.1) is 20.3 Å². The largest absolute Gasteiger partial charge is 0.453 e. The van der Waals surface area contributed by atoms with Crippen LogP contribution in [0.1, 0.15) is 21.6 Å². The van der Waals surface area contributed by atoms with Gasteiger partial charge in [-0.1, -0.05) is 12.1 Å². The van der Waals surface area contributed by atoms with Gasteiger partial charge in [0.1, 0.15) is 5.82 Å². The fourth-order valence-corrected chi connectivity index (χ4v) is 4.40. The molecule has 0 atom stereocenters. The van der Waals surface area contributed by atoms with Crippen molar-refractivity contribution in [1.82, 2.24) is 9.97 Å².